The van der Waals surface area contributed by atoms with Gasteiger partial charge in [0.2, 0.25) is 5.91 Å². The minimum Gasteiger partial charge on any atom is -0.371 e. The number of nitrogens with zero attached hydrogens (tertiary/aromatic N) is 2. The van der Waals surface area contributed by atoms with Gasteiger partial charge < -0.3 is 9.64 Å². The average Bonchev–Trinajstić information content (AvgIpc) is 2.65. The third-order valence-corrected chi connectivity index (χ3v) is 7.44. The highest BCUT2D eigenvalue weighted by molar-refractivity contribution is 7.93. The van der Waals surface area contributed by atoms with Crippen molar-refractivity contribution in [3.05, 3.63) is 35.4 Å². The lowest BCUT2D eigenvalue weighted by Gasteiger charge is -2.45. The summed E-state index contributed by atoms with van der Waals surface area (Å²) in [5.41, 5.74) is 1.08. The van der Waals surface area contributed by atoms with Gasteiger partial charge in [0.1, 0.15) is 0 Å². The van der Waals surface area contributed by atoms with Gasteiger partial charge in [-0.3, -0.25) is 9.59 Å². The normalized spacial score (nSPS) is 27.8. The van der Waals surface area contributed by atoms with Crippen molar-refractivity contribution in [2.45, 2.75) is 31.8 Å². The fourth-order valence-corrected chi connectivity index (χ4v) is 5.93. The minimum atomic E-state index is -2.49. The van der Waals surface area contributed by atoms with Crippen molar-refractivity contribution < 1.29 is 18.5 Å². The van der Waals surface area contributed by atoms with Gasteiger partial charge >= 0.3 is 0 Å². The van der Waals surface area contributed by atoms with Gasteiger partial charge in [-0.15, -0.1) is 6.42 Å². The van der Waals surface area contributed by atoms with E-state index in [1.54, 1.807) is 0 Å². The fourth-order valence-electron chi connectivity index (χ4n) is 3.69. The molecule has 7 heteroatoms. The van der Waals surface area contributed by atoms with E-state index in [9.17, 15) is 13.8 Å². The molecule has 2 amide bonds. The molecule has 2 aliphatic heterocycles. The molecule has 0 N–H and O–H groups in total. The summed E-state index contributed by atoms with van der Waals surface area (Å²) in [4.78, 5) is 25.8. The Morgan fingerprint density at radius 3 is 2.70 bits per heavy atom. The Balaban J connectivity index is 1.68. The van der Waals surface area contributed by atoms with Crippen LogP contribution in [0.1, 0.15) is 30.9 Å². The molecule has 0 saturated carbocycles. The third kappa shape index (κ3) is 4.57. The smallest absolute Gasteiger partial charge is 0.250 e. The van der Waals surface area contributed by atoms with Crippen molar-refractivity contribution in [2.24, 2.45) is 4.36 Å². The van der Waals surface area contributed by atoms with E-state index >= 15 is 0 Å². The molecule has 1 aromatic rings. The summed E-state index contributed by atoms with van der Waals surface area (Å²) in [6.45, 7) is 2.78. The van der Waals surface area contributed by atoms with E-state index in [2.05, 4.69) is 10.3 Å². The summed E-state index contributed by atoms with van der Waals surface area (Å²) in [7, 11) is -2.49. The van der Waals surface area contributed by atoms with Crippen LogP contribution in [0.5, 0.6) is 0 Å². The van der Waals surface area contributed by atoms with Crippen molar-refractivity contribution in [3.63, 3.8) is 0 Å². The van der Waals surface area contributed by atoms with E-state index in [0.29, 0.717) is 44.0 Å². The van der Waals surface area contributed by atoms with Crippen LogP contribution in [-0.2, 0) is 30.5 Å². The maximum atomic E-state index is 12.8. The topological polar surface area (TPSA) is 76.0 Å². The molecule has 2 fully saturated rings. The third-order valence-electron chi connectivity index (χ3n) is 5.16. The van der Waals surface area contributed by atoms with Crippen molar-refractivity contribution in [2.75, 3.05) is 31.2 Å². The fraction of sp³-hybridized carbons (Fsp3) is 0.500. The van der Waals surface area contributed by atoms with Gasteiger partial charge in [-0.2, -0.15) is 4.36 Å². The highest BCUT2D eigenvalue weighted by Gasteiger charge is 2.42. The van der Waals surface area contributed by atoms with E-state index in [1.807, 2.05) is 29.2 Å². The Kier molecular flexibility index (Phi) is 5.68. The first-order valence-corrected chi connectivity index (χ1v) is 10.9. The van der Waals surface area contributed by atoms with Gasteiger partial charge in [0, 0.05) is 37.1 Å². The molecule has 2 aliphatic rings. The number of carbonyl (C=O) groups is 2. The van der Waals surface area contributed by atoms with Crippen LogP contribution in [0.15, 0.2) is 28.6 Å². The molecule has 27 heavy (non-hydrogen) atoms. The second-order valence-corrected chi connectivity index (χ2v) is 9.66. The lowest BCUT2D eigenvalue weighted by molar-refractivity contribution is -0.151. The van der Waals surface area contributed by atoms with E-state index in [1.165, 1.54) is 6.92 Å². The number of terminal acetylenes is 1. The predicted octanol–water partition coefficient (Wildman–Crippen LogP) is 1.62. The van der Waals surface area contributed by atoms with Crippen LogP contribution in [0.25, 0.3) is 0 Å². The van der Waals surface area contributed by atoms with Crippen LogP contribution in [0.2, 0.25) is 0 Å². The summed E-state index contributed by atoms with van der Waals surface area (Å²) in [5, 5.41) is 0. The Labute approximate surface area is 160 Å². The van der Waals surface area contributed by atoms with Gasteiger partial charge in [-0.05, 0) is 24.5 Å². The Morgan fingerprint density at radius 2 is 2.04 bits per heavy atom. The van der Waals surface area contributed by atoms with Crippen molar-refractivity contribution in [1.29, 1.82) is 0 Å². The number of ether oxygens (including phenoxy) is 1. The van der Waals surface area contributed by atoms with Gasteiger partial charge in [0.25, 0.3) is 5.91 Å². The largest absolute Gasteiger partial charge is 0.371 e. The molecule has 0 aromatic heterocycles. The van der Waals surface area contributed by atoms with Gasteiger partial charge in [-0.1, -0.05) is 24.1 Å². The maximum Gasteiger partial charge on any atom is 0.250 e. The number of amides is 2. The molecule has 1 aromatic carbocycles. The van der Waals surface area contributed by atoms with Crippen molar-refractivity contribution in [3.8, 4) is 12.3 Å². The van der Waals surface area contributed by atoms with E-state index in [4.69, 9.17) is 11.2 Å². The summed E-state index contributed by atoms with van der Waals surface area (Å²) in [5.74, 6) is 2.89. The summed E-state index contributed by atoms with van der Waals surface area (Å²) < 4.78 is 22.4. The SMILES string of the molecule is C#Cc1ccccc1CC(=O)N1CCOC2(CCS(=O)(=NC(C)=O)CC2)C1. The van der Waals surface area contributed by atoms with E-state index in [-0.39, 0.29) is 12.3 Å². The Hall–Kier alpha value is -2.17. The molecular weight excluding hydrogens is 364 g/mol. The molecule has 3 rings (SSSR count). The van der Waals surface area contributed by atoms with Crippen molar-refractivity contribution >= 4 is 21.5 Å². The first-order chi connectivity index (χ1) is 12.8. The highest BCUT2D eigenvalue weighted by atomic mass is 32.2. The van der Waals surface area contributed by atoms with Crippen LogP contribution in [0.3, 0.4) is 0 Å². The molecular formula is C20H24N2O4S. The summed E-state index contributed by atoms with van der Waals surface area (Å²) in [6.07, 6.45) is 6.85. The molecule has 0 aliphatic carbocycles. The quantitative estimate of drug-likeness (QED) is 0.722. The molecule has 2 heterocycles. The molecule has 144 valence electrons. The summed E-state index contributed by atoms with van der Waals surface area (Å²) >= 11 is 0. The number of hydrogen-bond donors (Lipinski definition) is 0. The Bertz CT molecular complexity index is 895. The van der Waals surface area contributed by atoms with Crippen LogP contribution < -0.4 is 0 Å². The van der Waals surface area contributed by atoms with Crippen LogP contribution in [-0.4, -0.2) is 57.7 Å². The molecule has 0 atom stereocenters. The first kappa shape index (κ1) is 19.6. The molecule has 1 spiro atoms. The number of hydrogen-bond acceptors (Lipinski definition) is 4. The average molecular weight is 388 g/mol. The summed E-state index contributed by atoms with van der Waals surface area (Å²) in [6, 6.07) is 7.45. The van der Waals surface area contributed by atoms with Crippen LogP contribution in [0.4, 0.5) is 0 Å². The number of benzene rings is 1. The molecule has 0 bridgehead atoms. The monoisotopic (exact) mass is 388 g/mol. The van der Waals surface area contributed by atoms with E-state index in [0.717, 1.165) is 11.1 Å². The molecule has 0 radical (unpaired) electrons. The maximum absolute atomic E-state index is 12.8. The zero-order chi connectivity index (χ0) is 19.5. The predicted molar refractivity (Wildman–Crippen MR) is 104 cm³/mol. The van der Waals surface area contributed by atoms with Crippen molar-refractivity contribution in [1.82, 2.24) is 4.90 Å². The van der Waals surface area contributed by atoms with Gasteiger partial charge in [-0.25, -0.2) is 4.21 Å². The standard InChI is InChI=1S/C20H24N2O4S/c1-3-17-6-4-5-7-18(17)14-19(24)22-10-11-26-20(15-22)8-12-27(25,13-9-20)21-16(2)23/h1,4-7H,8-15H2,2H3. The minimum absolute atomic E-state index is 0.0140. The van der Waals surface area contributed by atoms with Crippen LogP contribution >= 0.6 is 0 Å². The van der Waals surface area contributed by atoms with Gasteiger partial charge in [0.15, 0.2) is 0 Å². The zero-order valence-electron chi connectivity index (χ0n) is 15.5. The number of rotatable bonds is 2. The molecule has 0 unspecified atom stereocenters. The second kappa shape index (κ2) is 7.83. The molecule has 2 saturated heterocycles. The lowest BCUT2D eigenvalue weighted by atomic mass is 9.94. The molecule has 6 nitrogen and oxygen atoms in total. The highest BCUT2D eigenvalue weighted by Crippen LogP contribution is 2.32. The number of carbonyl (C=O) groups excluding carboxylic acids is 2. The van der Waals surface area contributed by atoms with Crippen LogP contribution in [0, 0.1) is 12.3 Å². The first-order valence-electron chi connectivity index (χ1n) is 9.04. The number of morpholine rings is 1. The zero-order valence-corrected chi connectivity index (χ0v) is 16.3. The lowest BCUT2D eigenvalue weighted by Crippen LogP contribution is -2.56. The van der Waals surface area contributed by atoms with Gasteiger partial charge in [0.05, 0.1) is 28.4 Å². The van der Waals surface area contributed by atoms with E-state index < -0.39 is 21.2 Å². The second-order valence-electron chi connectivity index (χ2n) is 7.12. The Morgan fingerprint density at radius 1 is 1.33 bits per heavy atom.